The first-order chi connectivity index (χ1) is 11.8. The van der Waals surface area contributed by atoms with E-state index < -0.39 is 0 Å². The van der Waals surface area contributed by atoms with Crippen molar-refractivity contribution in [3.63, 3.8) is 0 Å². The quantitative estimate of drug-likeness (QED) is 0.720. The highest BCUT2D eigenvalue weighted by Gasteiger charge is 2.20. The van der Waals surface area contributed by atoms with Crippen LogP contribution in [0.25, 0.3) is 11.0 Å². The predicted octanol–water partition coefficient (Wildman–Crippen LogP) is 2.23. The summed E-state index contributed by atoms with van der Waals surface area (Å²) in [5.41, 5.74) is 1.78. The van der Waals surface area contributed by atoms with Crippen LogP contribution < -0.4 is 4.90 Å². The highest BCUT2D eigenvalue weighted by atomic mass is 32.2. The predicted molar refractivity (Wildman–Crippen MR) is 92.4 cm³/mol. The largest absolute Gasteiger partial charge is 0.378 e. The summed E-state index contributed by atoms with van der Waals surface area (Å²) in [5.74, 6) is 0.900. The number of ether oxygens (including phenoxy) is 1. The molecule has 4 rings (SSSR count). The second kappa shape index (κ2) is 6.74. The molecule has 0 spiro atoms. The van der Waals surface area contributed by atoms with E-state index in [0.717, 1.165) is 60.0 Å². The molecule has 0 aliphatic carbocycles. The van der Waals surface area contributed by atoms with Crippen LogP contribution in [-0.4, -0.2) is 51.0 Å². The SMILES string of the molecule is CCn1c(Sc2cnc3ccccc3n2)nnc1N1CCOCC1. The minimum atomic E-state index is 0.731. The smallest absolute Gasteiger partial charge is 0.228 e. The third-order valence-electron chi connectivity index (χ3n) is 3.93. The van der Waals surface area contributed by atoms with Crippen molar-refractivity contribution in [3.8, 4) is 0 Å². The van der Waals surface area contributed by atoms with Gasteiger partial charge in [0.2, 0.25) is 5.95 Å². The average molecular weight is 342 g/mol. The summed E-state index contributed by atoms with van der Waals surface area (Å²) in [6, 6.07) is 7.86. The molecule has 0 amide bonds. The molecule has 0 atom stereocenters. The third kappa shape index (κ3) is 2.94. The third-order valence-corrected chi connectivity index (χ3v) is 4.82. The first kappa shape index (κ1) is 15.3. The summed E-state index contributed by atoms with van der Waals surface area (Å²) in [6.45, 7) is 6.06. The molecule has 1 fully saturated rings. The van der Waals surface area contributed by atoms with E-state index in [2.05, 4.69) is 36.6 Å². The van der Waals surface area contributed by atoms with Crippen LogP contribution >= 0.6 is 11.8 Å². The zero-order valence-electron chi connectivity index (χ0n) is 13.4. The van der Waals surface area contributed by atoms with Gasteiger partial charge in [0.25, 0.3) is 0 Å². The van der Waals surface area contributed by atoms with E-state index in [1.807, 2.05) is 24.3 Å². The maximum atomic E-state index is 5.42. The van der Waals surface area contributed by atoms with Crippen LogP contribution in [0.4, 0.5) is 5.95 Å². The molecule has 1 aromatic carbocycles. The first-order valence-corrected chi connectivity index (χ1v) is 8.82. The summed E-state index contributed by atoms with van der Waals surface area (Å²) >= 11 is 1.50. The van der Waals surface area contributed by atoms with Crippen molar-refractivity contribution in [2.75, 3.05) is 31.2 Å². The number of benzene rings is 1. The number of anilines is 1. The zero-order chi connectivity index (χ0) is 16.4. The summed E-state index contributed by atoms with van der Waals surface area (Å²) in [5, 5.41) is 10.4. The molecule has 7 nitrogen and oxygen atoms in total. The fourth-order valence-corrected chi connectivity index (χ4v) is 3.55. The summed E-state index contributed by atoms with van der Waals surface area (Å²) in [7, 11) is 0. The standard InChI is InChI=1S/C16H18N6OS/c1-2-22-15(21-7-9-23-10-8-21)19-20-16(22)24-14-11-17-12-5-3-4-6-13(12)18-14/h3-6,11H,2,7-10H2,1H3. The van der Waals surface area contributed by atoms with Gasteiger partial charge in [0.15, 0.2) is 5.16 Å². The molecule has 3 aromatic rings. The molecule has 3 heterocycles. The van der Waals surface area contributed by atoms with Crippen molar-refractivity contribution in [1.29, 1.82) is 0 Å². The second-order valence-corrected chi connectivity index (χ2v) is 6.41. The van der Waals surface area contributed by atoms with Crippen LogP contribution in [0.15, 0.2) is 40.6 Å². The molecule has 2 aromatic heterocycles. The van der Waals surface area contributed by atoms with E-state index >= 15 is 0 Å². The van der Waals surface area contributed by atoms with Crippen molar-refractivity contribution in [2.24, 2.45) is 0 Å². The number of fused-ring (bicyclic) bond motifs is 1. The summed E-state index contributed by atoms with van der Waals surface area (Å²) < 4.78 is 7.53. The van der Waals surface area contributed by atoms with Gasteiger partial charge in [-0.25, -0.2) is 4.98 Å². The number of nitrogens with zero attached hydrogens (tertiary/aromatic N) is 6. The lowest BCUT2D eigenvalue weighted by atomic mass is 10.3. The molecule has 0 N–H and O–H groups in total. The fourth-order valence-electron chi connectivity index (χ4n) is 2.71. The van der Waals surface area contributed by atoms with Gasteiger partial charge in [-0.1, -0.05) is 12.1 Å². The monoisotopic (exact) mass is 342 g/mol. The van der Waals surface area contributed by atoms with E-state index in [1.165, 1.54) is 11.8 Å². The summed E-state index contributed by atoms with van der Waals surface area (Å²) in [4.78, 5) is 11.3. The Morgan fingerprint density at radius 2 is 1.92 bits per heavy atom. The van der Waals surface area contributed by atoms with Crippen LogP contribution in [0.1, 0.15) is 6.92 Å². The van der Waals surface area contributed by atoms with Gasteiger partial charge in [-0.2, -0.15) is 0 Å². The van der Waals surface area contributed by atoms with Gasteiger partial charge >= 0.3 is 0 Å². The minimum Gasteiger partial charge on any atom is -0.378 e. The van der Waals surface area contributed by atoms with Gasteiger partial charge in [-0.15, -0.1) is 10.2 Å². The molecule has 1 aliphatic heterocycles. The van der Waals surface area contributed by atoms with Crippen LogP contribution in [0.5, 0.6) is 0 Å². The van der Waals surface area contributed by atoms with Crippen molar-refractivity contribution in [3.05, 3.63) is 30.5 Å². The molecular weight excluding hydrogens is 324 g/mol. The molecular formula is C16H18N6OS. The number of hydrogen-bond acceptors (Lipinski definition) is 7. The number of hydrogen-bond donors (Lipinski definition) is 0. The van der Waals surface area contributed by atoms with Gasteiger partial charge in [0.05, 0.1) is 30.4 Å². The Hall–Kier alpha value is -2.19. The van der Waals surface area contributed by atoms with Gasteiger partial charge in [0, 0.05) is 19.6 Å². The number of aromatic nitrogens is 5. The van der Waals surface area contributed by atoms with Crippen LogP contribution in [0.3, 0.4) is 0 Å². The van der Waals surface area contributed by atoms with Gasteiger partial charge in [-0.05, 0) is 30.8 Å². The lowest BCUT2D eigenvalue weighted by molar-refractivity contribution is 0.121. The minimum absolute atomic E-state index is 0.731. The lowest BCUT2D eigenvalue weighted by Gasteiger charge is -2.27. The van der Waals surface area contributed by atoms with E-state index in [-0.39, 0.29) is 0 Å². The molecule has 0 saturated carbocycles. The Bertz CT molecular complexity index is 845. The van der Waals surface area contributed by atoms with Gasteiger partial charge in [0.1, 0.15) is 5.03 Å². The van der Waals surface area contributed by atoms with Gasteiger partial charge in [-0.3, -0.25) is 9.55 Å². The Balaban J connectivity index is 1.62. The molecule has 124 valence electrons. The molecule has 0 radical (unpaired) electrons. The maximum Gasteiger partial charge on any atom is 0.228 e. The summed E-state index contributed by atoms with van der Waals surface area (Å²) in [6.07, 6.45) is 1.79. The molecule has 1 aliphatic rings. The Morgan fingerprint density at radius 1 is 1.12 bits per heavy atom. The highest BCUT2D eigenvalue weighted by Crippen LogP contribution is 2.28. The molecule has 0 bridgehead atoms. The normalized spacial score (nSPS) is 15.1. The molecule has 0 unspecified atom stereocenters. The number of rotatable bonds is 4. The first-order valence-electron chi connectivity index (χ1n) is 8.00. The van der Waals surface area contributed by atoms with Crippen LogP contribution in [0.2, 0.25) is 0 Å². The Kier molecular flexibility index (Phi) is 4.31. The molecule has 1 saturated heterocycles. The number of para-hydroxylation sites is 2. The second-order valence-electron chi connectivity index (χ2n) is 5.43. The highest BCUT2D eigenvalue weighted by molar-refractivity contribution is 7.99. The van der Waals surface area contributed by atoms with Crippen molar-refractivity contribution < 1.29 is 4.74 Å². The van der Waals surface area contributed by atoms with E-state index in [1.54, 1.807) is 6.20 Å². The maximum absolute atomic E-state index is 5.42. The van der Waals surface area contributed by atoms with Crippen molar-refractivity contribution in [1.82, 2.24) is 24.7 Å². The number of morpholine rings is 1. The van der Waals surface area contributed by atoms with Crippen LogP contribution in [-0.2, 0) is 11.3 Å². The van der Waals surface area contributed by atoms with Gasteiger partial charge < -0.3 is 9.64 Å². The van der Waals surface area contributed by atoms with Crippen molar-refractivity contribution >= 4 is 28.7 Å². The van der Waals surface area contributed by atoms with Crippen molar-refractivity contribution in [2.45, 2.75) is 23.7 Å². The molecule has 24 heavy (non-hydrogen) atoms. The van der Waals surface area contributed by atoms with Crippen LogP contribution in [0, 0.1) is 0 Å². The van der Waals surface area contributed by atoms with E-state index in [0.29, 0.717) is 0 Å². The average Bonchev–Trinajstić information content (AvgIpc) is 3.05. The Morgan fingerprint density at radius 3 is 2.71 bits per heavy atom. The van der Waals surface area contributed by atoms with E-state index in [4.69, 9.17) is 4.74 Å². The van der Waals surface area contributed by atoms with E-state index in [9.17, 15) is 0 Å². The Labute approximate surface area is 144 Å². The zero-order valence-corrected chi connectivity index (χ0v) is 14.2. The molecule has 8 heteroatoms. The topological polar surface area (TPSA) is 69.0 Å². The lowest BCUT2D eigenvalue weighted by Crippen LogP contribution is -2.38. The fraction of sp³-hybridized carbons (Fsp3) is 0.375.